The van der Waals surface area contributed by atoms with Crippen molar-refractivity contribution in [1.82, 2.24) is 9.88 Å². The summed E-state index contributed by atoms with van der Waals surface area (Å²) in [6.45, 7) is 0.386. The summed E-state index contributed by atoms with van der Waals surface area (Å²) in [5.41, 5.74) is 6.62. The monoisotopic (exact) mass is 285 g/mol. The van der Waals surface area contributed by atoms with Crippen LogP contribution in [0.25, 0.3) is 0 Å². The molecule has 1 aromatic carbocycles. The van der Waals surface area contributed by atoms with Crippen LogP contribution in [-0.2, 0) is 6.54 Å². The summed E-state index contributed by atoms with van der Waals surface area (Å²) in [4.78, 5) is 38.1. The van der Waals surface area contributed by atoms with Gasteiger partial charge in [-0.2, -0.15) is 0 Å². The molecule has 2 amide bonds. The third-order valence-corrected chi connectivity index (χ3v) is 3.04. The molecule has 2 rings (SSSR count). The van der Waals surface area contributed by atoms with E-state index in [2.05, 4.69) is 4.98 Å². The number of carbonyl (C=O) groups is 2. The molecular formula is C15H15N3O3. The van der Waals surface area contributed by atoms with Gasteiger partial charge in [-0.25, -0.2) is 0 Å². The first-order valence-electron chi connectivity index (χ1n) is 6.30. The van der Waals surface area contributed by atoms with Crippen molar-refractivity contribution in [3.05, 3.63) is 69.6 Å². The second kappa shape index (κ2) is 6.04. The number of primary amides is 1. The van der Waals surface area contributed by atoms with E-state index in [0.29, 0.717) is 17.7 Å². The summed E-state index contributed by atoms with van der Waals surface area (Å²) in [5, 5.41) is 0. The molecule has 0 fully saturated rings. The number of nitrogens with two attached hydrogens (primary N) is 1. The molecular weight excluding hydrogens is 270 g/mol. The molecule has 0 aliphatic carbocycles. The Kier molecular flexibility index (Phi) is 4.18. The van der Waals surface area contributed by atoms with Crippen LogP contribution in [0.2, 0.25) is 0 Å². The van der Waals surface area contributed by atoms with E-state index in [9.17, 15) is 14.4 Å². The van der Waals surface area contributed by atoms with Gasteiger partial charge in [-0.15, -0.1) is 0 Å². The molecule has 6 nitrogen and oxygen atoms in total. The lowest BCUT2D eigenvalue weighted by molar-refractivity contribution is 0.0784. The number of amides is 2. The second-order valence-corrected chi connectivity index (χ2v) is 4.66. The Labute approximate surface area is 121 Å². The molecule has 3 N–H and O–H groups in total. The van der Waals surface area contributed by atoms with E-state index in [4.69, 9.17) is 5.73 Å². The Morgan fingerprint density at radius 3 is 2.24 bits per heavy atom. The van der Waals surface area contributed by atoms with E-state index in [1.807, 2.05) is 0 Å². The van der Waals surface area contributed by atoms with Crippen molar-refractivity contribution in [2.24, 2.45) is 5.73 Å². The molecule has 0 atom stereocenters. The maximum atomic E-state index is 12.2. The molecule has 1 heterocycles. The highest BCUT2D eigenvalue weighted by Crippen LogP contribution is 2.09. The molecule has 0 saturated carbocycles. The van der Waals surface area contributed by atoms with Crippen LogP contribution in [0.4, 0.5) is 0 Å². The Morgan fingerprint density at radius 2 is 1.71 bits per heavy atom. The third-order valence-electron chi connectivity index (χ3n) is 3.04. The van der Waals surface area contributed by atoms with Crippen molar-refractivity contribution in [1.29, 1.82) is 0 Å². The summed E-state index contributed by atoms with van der Waals surface area (Å²) in [6, 6.07) is 9.52. The van der Waals surface area contributed by atoms with Crippen LogP contribution in [0.1, 0.15) is 26.3 Å². The number of H-pyrrole nitrogens is 1. The number of carbonyl (C=O) groups excluding carboxylic acids is 2. The third kappa shape index (κ3) is 3.56. The normalized spacial score (nSPS) is 10.1. The summed E-state index contributed by atoms with van der Waals surface area (Å²) in [7, 11) is 1.66. The van der Waals surface area contributed by atoms with Crippen molar-refractivity contribution in [2.45, 2.75) is 6.54 Å². The zero-order valence-electron chi connectivity index (χ0n) is 11.5. The van der Waals surface area contributed by atoms with Gasteiger partial charge in [0.15, 0.2) is 0 Å². The highest BCUT2D eigenvalue weighted by Gasteiger charge is 2.12. The van der Waals surface area contributed by atoms with Crippen LogP contribution < -0.4 is 11.3 Å². The maximum absolute atomic E-state index is 12.2. The topological polar surface area (TPSA) is 96.3 Å². The van der Waals surface area contributed by atoms with Gasteiger partial charge in [0.2, 0.25) is 11.5 Å². The fourth-order valence-electron chi connectivity index (χ4n) is 1.88. The van der Waals surface area contributed by atoms with Crippen molar-refractivity contribution >= 4 is 11.8 Å². The summed E-state index contributed by atoms with van der Waals surface area (Å²) >= 11 is 0. The molecule has 0 bridgehead atoms. The van der Waals surface area contributed by atoms with Gasteiger partial charge in [-0.3, -0.25) is 14.4 Å². The van der Waals surface area contributed by atoms with E-state index >= 15 is 0 Å². The standard InChI is InChI=1S/C15H15N3O3/c1-18(15(21)12-6-7-13(19)17-8-12)9-10-2-4-11(5-3-10)14(16)20/h2-8H,9H2,1H3,(H2,16,20)(H,17,19). The number of hydrogen-bond donors (Lipinski definition) is 2. The number of pyridine rings is 1. The van der Waals surface area contributed by atoms with Crippen LogP contribution in [0, 0.1) is 0 Å². The fourth-order valence-corrected chi connectivity index (χ4v) is 1.88. The summed E-state index contributed by atoms with van der Waals surface area (Å²) < 4.78 is 0. The number of rotatable bonds is 4. The quantitative estimate of drug-likeness (QED) is 0.867. The molecule has 0 aliphatic heterocycles. The van der Waals surface area contributed by atoms with E-state index in [-0.39, 0.29) is 11.5 Å². The minimum atomic E-state index is -0.487. The molecule has 0 spiro atoms. The lowest BCUT2D eigenvalue weighted by Crippen LogP contribution is -2.26. The van der Waals surface area contributed by atoms with Gasteiger partial charge in [0, 0.05) is 31.4 Å². The number of hydrogen-bond acceptors (Lipinski definition) is 3. The predicted molar refractivity (Wildman–Crippen MR) is 77.8 cm³/mol. The summed E-state index contributed by atoms with van der Waals surface area (Å²) in [6.07, 6.45) is 1.39. The number of nitrogens with zero attached hydrogens (tertiary/aromatic N) is 1. The smallest absolute Gasteiger partial charge is 0.255 e. The molecule has 0 radical (unpaired) electrons. The molecule has 6 heteroatoms. The lowest BCUT2D eigenvalue weighted by atomic mass is 10.1. The Morgan fingerprint density at radius 1 is 1.10 bits per heavy atom. The van der Waals surface area contributed by atoms with Gasteiger partial charge < -0.3 is 15.6 Å². The van der Waals surface area contributed by atoms with Crippen molar-refractivity contribution in [3.8, 4) is 0 Å². The predicted octanol–water partition coefficient (Wildman–Crippen LogP) is 0.746. The van der Waals surface area contributed by atoms with Gasteiger partial charge >= 0.3 is 0 Å². The Bertz CT molecular complexity index is 699. The van der Waals surface area contributed by atoms with Gasteiger partial charge in [0.05, 0.1) is 5.56 Å². The van der Waals surface area contributed by atoms with Crippen LogP contribution in [0.15, 0.2) is 47.4 Å². The second-order valence-electron chi connectivity index (χ2n) is 4.66. The highest BCUT2D eigenvalue weighted by atomic mass is 16.2. The first-order chi connectivity index (χ1) is 9.97. The summed E-state index contributed by atoms with van der Waals surface area (Å²) in [5.74, 6) is -0.690. The molecule has 1 aromatic heterocycles. The van der Waals surface area contributed by atoms with Gasteiger partial charge in [-0.05, 0) is 23.8 Å². The first-order valence-corrected chi connectivity index (χ1v) is 6.30. The maximum Gasteiger partial charge on any atom is 0.255 e. The number of benzene rings is 1. The van der Waals surface area contributed by atoms with E-state index in [1.165, 1.54) is 23.2 Å². The zero-order valence-corrected chi connectivity index (χ0v) is 11.5. The van der Waals surface area contributed by atoms with Crippen LogP contribution in [-0.4, -0.2) is 28.7 Å². The van der Waals surface area contributed by atoms with E-state index in [0.717, 1.165) is 5.56 Å². The van der Waals surface area contributed by atoms with Crippen molar-refractivity contribution in [3.63, 3.8) is 0 Å². The average molecular weight is 285 g/mol. The van der Waals surface area contributed by atoms with Gasteiger partial charge in [0.1, 0.15) is 0 Å². The van der Waals surface area contributed by atoms with E-state index in [1.54, 1.807) is 31.3 Å². The molecule has 0 saturated heterocycles. The first kappa shape index (κ1) is 14.5. The largest absolute Gasteiger partial charge is 0.366 e. The minimum absolute atomic E-state index is 0.203. The molecule has 2 aromatic rings. The number of aromatic amines is 1. The Hall–Kier alpha value is -2.89. The van der Waals surface area contributed by atoms with Crippen molar-refractivity contribution < 1.29 is 9.59 Å². The van der Waals surface area contributed by atoms with Crippen LogP contribution >= 0.6 is 0 Å². The van der Waals surface area contributed by atoms with Gasteiger partial charge in [0.25, 0.3) is 5.91 Å². The van der Waals surface area contributed by atoms with Crippen LogP contribution in [0.3, 0.4) is 0 Å². The lowest BCUT2D eigenvalue weighted by Gasteiger charge is -2.17. The van der Waals surface area contributed by atoms with Gasteiger partial charge in [-0.1, -0.05) is 12.1 Å². The van der Waals surface area contributed by atoms with E-state index < -0.39 is 5.91 Å². The molecule has 21 heavy (non-hydrogen) atoms. The Balaban J connectivity index is 2.08. The zero-order chi connectivity index (χ0) is 15.4. The van der Waals surface area contributed by atoms with Crippen molar-refractivity contribution in [2.75, 3.05) is 7.05 Å². The molecule has 108 valence electrons. The number of nitrogens with one attached hydrogen (secondary N) is 1. The van der Waals surface area contributed by atoms with Crippen LogP contribution in [0.5, 0.6) is 0 Å². The highest BCUT2D eigenvalue weighted by molar-refractivity contribution is 5.94. The SMILES string of the molecule is CN(Cc1ccc(C(N)=O)cc1)C(=O)c1ccc(=O)[nH]c1. The molecule has 0 unspecified atom stereocenters. The number of aromatic nitrogens is 1. The average Bonchev–Trinajstić information content (AvgIpc) is 2.47. The fraction of sp³-hybridized carbons (Fsp3) is 0.133. The molecule has 0 aliphatic rings. The minimum Gasteiger partial charge on any atom is -0.366 e.